The van der Waals surface area contributed by atoms with Crippen molar-refractivity contribution in [2.75, 3.05) is 5.75 Å². The standard InChI is InChI=1S/C17H16N2O4S/c1-19-10-7-15-14(6-9-18-17(15)19)12-2-4-13(5-3-12)24(22,23)11-8-16(20)21/h2-7,9-10H,8,11H2,1H3,(H,20,21). The molecule has 0 aliphatic carbocycles. The number of aliphatic carboxylic acids is 1. The van der Waals surface area contributed by atoms with Crippen LogP contribution < -0.4 is 0 Å². The Balaban J connectivity index is 1.96. The van der Waals surface area contributed by atoms with Gasteiger partial charge in [-0.2, -0.15) is 0 Å². The minimum atomic E-state index is -3.59. The highest BCUT2D eigenvalue weighted by atomic mass is 32.2. The van der Waals surface area contributed by atoms with Crippen LogP contribution in [-0.4, -0.2) is 34.8 Å². The van der Waals surface area contributed by atoms with Crippen LogP contribution in [-0.2, 0) is 21.7 Å². The molecule has 0 radical (unpaired) electrons. The zero-order valence-corrected chi connectivity index (χ0v) is 13.8. The minimum Gasteiger partial charge on any atom is -0.481 e. The number of carbonyl (C=O) groups is 1. The van der Waals surface area contributed by atoms with Gasteiger partial charge in [0.2, 0.25) is 0 Å². The third-order valence-corrected chi connectivity index (χ3v) is 5.61. The van der Waals surface area contributed by atoms with Crippen molar-refractivity contribution < 1.29 is 18.3 Å². The molecule has 1 aromatic carbocycles. The molecule has 0 fully saturated rings. The van der Waals surface area contributed by atoms with Crippen LogP contribution in [0.5, 0.6) is 0 Å². The van der Waals surface area contributed by atoms with E-state index in [0.29, 0.717) is 0 Å². The molecule has 0 spiro atoms. The van der Waals surface area contributed by atoms with E-state index in [1.54, 1.807) is 18.3 Å². The van der Waals surface area contributed by atoms with Crippen LogP contribution in [0.1, 0.15) is 6.42 Å². The van der Waals surface area contributed by atoms with Gasteiger partial charge in [0.1, 0.15) is 5.65 Å². The van der Waals surface area contributed by atoms with E-state index in [9.17, 15) is 13.2 Å². The number of sulfone groups is 1. The predicted octanol–water partition coefficient (Wildman–Crippen LogP) is 2.49. The van der Waals surface area contributed by atoms with Gasteiger partial charge in [-0.05, 0) is 35.4 Å². The molecule has 3 rings (SSSR count). The summed E-state index contributed by atoms with van der Waals surface area (Å²) >= 11 is 0. The minimum absolute atomic E-state index is 0.130. The maximum Gasteiger partial charge on any atom is 0.304 e. The number of hydrogen-bond donors (Lipinski definition) is 1. The van der Waals surface area contributed by atoms with Crippen molar-refractivity contribution in [3.05, 3.63) is 48.8 Å². The van der Waals surface area contributed by atoms with Gasteiger partial charge in [0.25, 0.3) is 0 Å². The molecule has 1 N–H and O–H groups in total. The lowest BCUT2D eigenvalue weighted by atomic mass is 10.0. The van der Waals surface area contributed by atoms with Gasteiger partial charge in [0.05, 0.1) is 17.1 Å². The third-order valence-electron chi connectivity index (χ3n) is 3.88. The molecule has 0 aliphatic heterocycles. The smallest absolute Gasteiger partial charge is 0.304 e. The summed E-state index contributed by atoms with van der Waals surface area (Å²) in [6.07, 6.45) is 3.24. The molecule has 2 heterocycles. The van der Waals surface area contributed by atoms with E-state index in [1.807, 2.05) is 29.9 Å². The molecule has 2 aromatic heterocycles. The number of rotatable bonds is 5. The highest BCUT2D eigenvalue weighted by molar-refractivity contribution is 7.91. The van der Waals surface area contributed by atoms with Crippen molar-refractivity contribution in [1.29, 1.82) is 0 Å². The van der Waals surface area contributed by atoms with Crippen molar-refractivity contribution in [2.24, 2.45) is 7.05 Å². The van der Waals surface area contributed by atoms with Gasteiger partial charge in [0, 0.05) is 24.8 Å². The van der Waals surface area contributed by atoms with E-state index < -0.39 is 28.0 Å². The molecule has 0 bridgehead atoms. The average Bonchev–Trinajstić information content (AvgIpc) is 2.95. The van der Waals surface area contributed by atoms with E-state index in [4.69, 9.17) is 5.11 Å². The summed E-state index contributed by atoms with van der Waals surface area (Å²) in [7, 11) is -1.68. The van der Waals surface area contributed by atoms with Crippen molar-refractivity contribution in [2.45, 2.75) is 11.3 Å². The van der Waals surface area contributed by atoms with Crippen LogP contribution in [0.3, 0.4) is 0 Å². The Bertz CT molecular complexity index is 1000. The summed E-state index contributed by atoms with van der Waals surface area (Å²) in [4.78, 5) is 15.0. The molecular formula is C17H16N2O4S. The summed E-state index contributed by atoms with van der Waals surface area (Å²) in [5.41, 5.74) is 2.70. The lowest BCUT2D eigenvalue weighted by Crippen LogP contribution is -2.10. The highest BCUT2D eigenvalue weighted by Crippen LogP contribution is 2.28. The second kappa shape index (κ2) is 6.09. The number of hydrogen-bond acceptors (Lipinski definition) is 4. The number of aryl methyl sites for hydroxylation is 1. The van der Waals surface area contributed by atoms with Crippen molar-refractivity contribution in [3.63, 3.8) is 0 Å². The van der Waals surface area contributed by atoms with Crippen molar-refractivity contribution >= 4 is 26.8 Å². The van der Waals surface area contributed by atoms with Gasteiger partial charge in [-0.15, -0.1) is 0 Å². The first-order valence-electron chi connectivity index (χ1n) is 7.33. The second-order valence-electron chi connectivity index (χ2n) is 5.51. The molecule has 0 saturated heterocycles. The molecule has 0 atom stereocenters. The van der Waals surface area contributed by atoms with Gasteiger partial charge < -0.3 is 9.67 Å². The Kier molecular flexibility index (Phi) is 4.11. The zero-order chi connectivity index (χ0) is 17.3. The Morgan fingerprint density at radius 1 is 1.17 bits per heavy atom. The molecule has 7 heteroatoms. The summed E-state index contributed by atoms with van der Waals surface area (Å²) in [5.74, 6) is -1.53. The lowest BCUT2D eigenvalue weighted by Gasteiger charge is -2.07. The first kappa shape index (κ1) is 16.2. The van der Waals surface area contributed by atoms with Crippen LogP contribution in [0, 0.1) is 0 Å². The fourth-order valence-corrected chi connectivity index (χ4v) is 3.83. The number of carboxylic acid groups (broad SMARTS) is 1. The number of fused-ring (bicyclic) bond motifs is 1. The molecular weight excluding hydrogens is 328 g/mol. The fourth-order valence-electron chi connectivity index (χ4n) is 2.60. The lowest BCUT2D eigenvalue weighted by molar-refractivity contribution is -0.136. The van der Waals surface area contributed by atoms with Gasteiger partial charge in [-0.1, -0.05) is 12.1 Å². The molecule has 0 saturated carbocycles. The van der Waals surface area contributed by atoms with Crippen molar-refractivity contribution in [3.8, 4) is 11.1 Å². The van der Waals surface area contributed by atoms with Crippen LogP contribution >= 0.6 is 0 Å². The van der Waals surface area contributed by atoms with Gasteiger partial charge in [-0.25, -0.2) is 13.4 Å². The number of nitrogens with zero attached hydrogens (tertiary/aromatic N) is 2. The van der Waals surface area contributed by atoms with Crippen LogP contribution in [0.25, 0.3) is 22.2 Å². The number of aromatic nitrogens is 2. The van der Waals surface area contributed by atoms with Gasteiger partial charge in [0.15, 0.2) is 9.84 Å². The maximum atomic E-state index is 12.1. The fraction of sp³-hybridized carbons (Fsp3) is 0.176. The molecule has 124 valence electrons. The number of pyridine rings is 1. The summed E-state index contributed by atoms with van der Waals surface area (Å²) in [6.45, 7) is 0. The van der Waals surface area contributed by atoms with E-state index in [-0.39, 0.29) is 4.90 Å². The summed E-state index contributed by atoms with van der Waals surface area (Å²) in [6, 6.07) is 10.3. The van der Waals surface area contributed by atoms with Gasteiger partial charge >= 0.3 is 5.97 Å². The Hall–Kier alpha value is -2.67. The topological polar surface area (TPSA) is 89.3 Å². The van der Waals surface area contributed by atoms with Gasteiger partial charge in [-0.3, -0.25) is 4.79 Å². The normalized spacial score (nSPS) is 11.7. The third kappa shape index (κ3) is 3.03. The summed E-state index contributed by atoms with van der Waals surface area (Å²) < 4.78 is 26.2. The number of carboxylic acids is 1. The SMILES string of the molecule is Cn1ccc2c(-c3ccc(S(=O)(=O)CCC(=O)O)cc3)ccnc21. The van der Waals surface area contributed by atoms with E-state index in [1.165, 1.54) is 12.1 Å². The first-order valence-corrected chi connectivity index (χ1v) is 8.99. The monoisotopic (exact) mass is 344 g/mol. The highest BCUT2D eigenvalue weighted by Gasteiger charge is 2.16. The Morgan fingerprint density at radius 3 is 2.54 bits per heavy atom. The van der Waals surface area contributed by atoms with Crippen LogP contribution in [0.2, 0.25) is 0 Å². The molecule has 0 unspecified atom stereocenters. The largest absolute Gasteiger partial charge is 0.481 e. The average molecular weight is 344 g/mol. The molecule has 0 amide bonds. The zero-order valence-electron chi connectivity index (χ0n) is 13.0. The first-order chi connectivity index (χ1) is 11.4. The molecule has 24 heavy (non-hydrogen) atoms. The predicted molar refractivity (Wildman–Crippen MR) is 90.5 cm³/mol. The molecule has 3 aromatic rings. The molecule has 0 aliphatic rings. The van der Waals surface area contributed by atoms with E-state index in [0.717, 1.165) is 22.2 Å². The maximum absolute atomic E-state index is 12.1. The summed E-state index contributed by atoms with van der Waals surface area (Å²) in [5, 5.41) is 9.63. The van der Waals surface area contributed by atoms with E-state index in [2.05, 4.69) is 4.98 Å². The van der Waals surface area contributed by atoms with E-state index >= 15 is 0 Å². The number of benzene rings is 1. The quantitative estimate of drug-likeness (QED) is 0.768. The Morgan fingerprint density at radius 2 is 1.88 bits per heavy atom. The van der Waals surface area contributed by atoms with Crippen molar-refractivity contribution in [1.82, 2.24) is 9.55 Å². The Labute approximate surface area is 139 Å². The molecule has 6 nitrogen and oxygen atoms in total. The second-order valence-corrected chi connectivity index (χ2v) is 7.62. The van der Waals surface area contributed by atoms with Crippen LogP contribution in [0.4, 0.5) is 0 Å². The van der Waals surface area contributed by atoms with Crippen LogP contribution in [0.15, 0.2) is 53.7 Å².